The Kier molecular flexibility index (Phi) is 8.64. The molecular formula is C25H23F3N2O4. The Labute approximate surface area is 194 Å². The van der Waals surface area contributed by atoms with E-state index in [1.165, 1.54) is 0 Å². The molecule has 0 saturated carbocycles. The van der Waals surface area contributed by atoms with Crippen molar-refractivity contribution in [2.75, 3.05) is 11.9 Å². The van der Waals surface area contributed by atoms with E-state index in [4.69, 9.17) is 9.47 Å². The second-order valence-corrected chi connectivity index (χ2v) is 7.34. The number of hydrogen-bond acceptors (Lipinski definition) is 4. The van der Waals surface area contributed by atoms with E-state index >= 15 is 0 Å². The molecule has 0 radical (unpaired) electrons. The molecule has 0 aliphatic heterocycles. The van der Waals surface area contributed by atoms with Crippen molar-refractivity contribution in [3.05, 3.63) is 90.5 Å². The van der Waals surface area contributed by atoms with Gasteiger partial charge in [0, 0.05) is 5.69 Å². The van der Waals surface area contributed by atoms with E-state index in [1.54, 1.807) is 60.7 Å². The second kappa shape index (κ2) is 11.9. The second-order valence-electron chi connectivity index (χ2n) is 7.34. The standard InChI is InChI=1S/C25H23F3N2O4/c26-25(27,28)15-23(31)30-22(17-33-16-18-7-3-1-4-8-18)24(32)29-19-11-13-21(14-12-19)34-20-9-5-2-6-10-20/h1-14,22H,15-17H2,(H,29,32)(H,30,31). The summed E-state index contributed by atoms with van der Waals surface area (Å²) in [5, 5.41) is 4.68. The molecular weight excluding hydrogens is 449 g/mol. The monoisotopic (exact) mass is 472 g/mol. The summed E-state index contributed by atoms with van der Waals surface area (Å²) in [6.07, 6.45) is -6.38. The third kappa shape index (κ3) is 8.59. The summed E-state index contributed by atoms with van der Waals surface area (Å²) in [6.45, 7) is -0.176. The molecule has 0 spiro atoms. The highest BCUT2D eigenvalue weighted by molar-refractivity contribution is 5.97. The molecule has 3 rings (SSSR count). The van der Waals surface area contributed by atoms with E-state index in [2.05, 4.69) is 10.6 Å². The maximum atomic E-state index is 12.7. The van der Waals surface area contributed by atoms with Crippen molar-refractivity contribution < 1.29 is 32.2 Å². The van der Waals surface area contributed by atoms with Gasteiger partial charge in [0.2, 0.25) is 11.8 Å². The highest BCUT2D eigenvalue weighted by atomic mass is 19.4. The van der Waals surface area contributed by atoms with Crippen LogP contribution in [-0.4, -0.2) is 30.6 Å². The molecule has 34 heavy (non-hydrogen) atoms. The summed E-state index contributed by atoms with van der Waals surface area (Å²) in [6, 6.07) is 23.2. The van der Waals surface area contributed by atoms with Crippen molar-refractivity contribution in [1.82, 2.24) is 5.32 Å². The van der Waals surface area contributed by atoms with Crippen LogP contribution in [0.1, 0.15) is 12.0 Å². The zero-order valence-electron chi connectivity index (χ0n) is 18.0. The van der Waals surface area contributed by atoms with Gasteiger partial charge in [0.25, 0.3) is 0 Å². The summed E-state index contributed by atoms with van der Waals surface area (Å²) in [7, 11) is 0. The molecule has 0 aromatic heterocycles. The third-order valence-corrected chi connectivity index (χ3v) is 4.51. The SMILES string of the molecule is O=C(CC(F)(F)F)NC(COCc1ccccc1)C(=O)Nc1ccc(Oc2ccccc2)cc1. The van der Waals surface area contributed by atoms with E-state index in [1.807, 2.05) is 24.3 Å². The minimum Gasteiger partial charge on any atom is -0.457 e. The summed E-state index contributed by atoms with van der Waals surface area (Å²) in [4.78, 5) is 24.5. The number of halogens is 3. The lowest BCUT2D eigenvalue weighted by Crippen LogP contribution is -2.47. The zero-order chi connectivity index (χ0) is 24.4. The average Bonchev–Trinajstić information content (AvgIpc) is 2.80. The molecule has 1 atom stereocenters. The van der Waals surface area contributed by atoms with E-state index in [-0.39, 0.29) is 13.2 Å². The predicted molar refractivity (Wildman–Crippen MR) is 120 cm³/mol. The van der Waals surface area contributed by atoms with Crippen molar-refractivity contribution in [3.8, 4) is 11.5 Å². The Morgan fingerprint density at radius 3 is 2.03 bits per heavy atom. The molecule has 0 aliphatic rings. The van der Waals surface area contributed by atoms with Gasteiger partial charge in [0.05, 0.1) is 13.2 Å². The summed E-state index contributed by atoms with van der Waals surface area (Å²) < 4.78 is 48.9. The Hall–Kier alpha value is -3.85. The fraction of sp³-hybridized carbons (Fsp3) is 0.200. The van der Waals surface area contributed by atoms with Crippen LogP contribution in [0.25, 0.3) is 0 Å². The highest BCUT2D eigenvalue weighted by Crippen LogP contribution is 2.23. The van der Waals surface area contributed by atoms with Crippen LogP contribution in [0.4, 0.5) is 18.9 Å². The summed E-state index contributed by atoms with van der Waals surface area (Å²) in [5.41, 5.74) is 1.20. The van der Waals surface area contributed by atoms with E-state index in [0.717, 1.165) is 5.56 Å². The van der Waals surface area contributed by atoms with Gasteiger partial charge >= 0.3 is 6.18 Å². The average molecular weight is 472 g/mol. The molecule has 0 heterocycles. The van der Waals surface area contributed by atoms with E-state index in [9.17, 15) is 22.8 Å². The number of amides is 2. The van der Waals surface area contributed by atoms with Gasteiger partial charge < -0.3 is 20.1 Å². The Morgan fingerprint density at radius 1 is 0.824 bits per heavy atom. The molecule has 6 nitrogen and oxygen atoms in total. The van der Waals surface area contributed by atoms with Crippen molar-refractivity contribution in [1.29, 1.82) is 0 Å². The van der Waals surface area contributed by atoms with Crippen LogP contribution in [0.5, 0.6) is 11.5 Å². The van der Waals surface area contributed by atoms with Crippen LogP contribution in [0.2, 0.25) is 0 Å². The minimum absolute atomic E-state index is 0.130. The number of hydrogen-bond donors (Lipinski definition) is 2. The number of ether oxygens (including phenoxy) is 2. The quantitative estimate of drug-likeness (QED) is 0.432. The molecule has 0 bridgehead atoms. The molecule has 2 N–H and O–H groups in total. The first-order valence-electron chi connectivity index (χ1n) is 10.4. The topological polar surface area (TPSA) is 76.7 Å². The first kappa shape index (κ1) is 24.8. The van der Waals surface area contributed by atoms with Gasteiger partial charge in [0.1, 0.15) is 24.0 Å². The largest absolute Gasteiger partial charge is 0.457 e. The number of anilines is 1. The van der Waals surface area contributed by atoms with Crippen LogP contribution < -0.4 is 15.4 Å². The number of carbonyl (C=O) groups is 2. The lowest BCUT2D eigenvalue weighted by Gasteiger charge is -2.19. The molecule has 0 aliphatic carbocycles. The van der Waals surface area contributed by atoms with Gasteiger partial charge in [-0.2, -0.15) is 13.2 Å². The van der Waals surface area contributed by atoms with Gasteiger partial charge in [-0.1, -0.05) is 48.5 Å². The maximum Gasteiger partial charge on any atom is 0.397 e. The Morgan fingerprint density at radius 2 is 1.41 bits per heavy atom. The van der Waals surface area contributed by atoms with Crippen molar-refractivity contribution in [2.45, 2.75) is 25.2 Å². The summed E-state index contributed by atoms with van der Waals surface area (Å²) >= 11 is 0. The zero-order valence-corrected chi connectivity index (χ0v) is 18.0. The normalized spacial score (nSPS) is 12.0. The summed E-state index contributed by atoms with van der Waals surface area (Å²) in [5.74, 6) is -0.851. The van der Waals surface area contributed by atoms with Crippen molar-refractivity contribution >= 4 is 17.5 Å². The maximum absolute atomic E-state index is 12.7. The van der Waals surface area contributed by atoms with Gasteiger partial charge in [-0.3, -0.25) is 9.59 Å². The fourth-order valence-corrected chi connectivity index (χ4v) is 2.94. The highest BCUT2D eigenvalue weighted by Gasteiger charge is 2.33. The third-order valence-electron chi connectivity index (χ3n) is 4.51. The first-order valence-corrected chi connectivity index (χ1v) is 10.4. The molecule has 3 aromatic rings. The lowest BCUT2D eigenvalue weighted by atomic mass is 10.2. The number of nitrogens with one attached hydrogen (secondary N) is 2. The Balaban J connectivity index is 1.61. The number of para-hydroxylation sites is 1. The number of alkyl halides is 3. The molecule has 9 heteroatoms. The number of benzene rings is 3. The minimum atomic E-state index is -4.69. The van der Waals surface area contributed by atoms with Crippen LogP contribution in [0.3, 0.4) is 0 Å². The van der Waals surface area contributed by atoms with Crippen LogP contribution in [0, 0.1) is 0 Å². The van der Waals surface area contributed by atoms with Gasteiger partial charge in [-0.05, 0) is 42.0 Å². The molecule has 0 saturated heterocycles. The van der Waals surface area contributed by atoms with Crippen LogP contribution in [-0.2, 0) is 20.9 Å². The van der Waals surface area contributed by atoms with Crippen LogP contribution in [0.15, 0.2) is 84.9 Å². The smallest absolute Gasteiger partial charge is 0.397 e. The van der Waals surface area contributed by atoms with Gasteiger partial charge in [0.15, 0.2) is 0 Å². The van der Waals surface area contributed by atoms with Gasteiger partial charge in [-0.15, -0.1) is 0 Å². The molecule has 178 valence electrons. The number of rotatable bonds is 10. The molecule has 2 amide bonds. The Bertz CT molecular complexity index is 1060. The first-order chi connectivity index (χ1) is 16.3. The lowest BCUT2D eigenvalue weighted by molar-refractivity contribution is -0.155. The van der Waals surface area contributed by atoms with Crippen LogP contribution >= 0.6 is 0 Å². The predicted octanol–water partition coefficient (Wildman–Crippen LogP) is 5.07. The van der Waals surface area contributed by atoms with E-state index in [0.29, 0.717) is 17.2 Å². The van der Waals surface area contributed by atoms with Crippen molar-refractivity contribution in [2.24, 2.45) is 0 Å². The number of carbonyl (C=O) groups excluding carboxylic acids is 2. The van der Waals surface area contributed by atoms with Gasteiger partial charge in [-0.25, -0.2) is 0 Å². The molecule has 0 fully saturated rings. The van der Waals surface area contributed by atoms with E-state index < -0.39 is 30.5 Å². The van der Waals surface area contributed by atoms with Crippen molar-refractivity contribution in [3.63, 3.8) is 0 Å². The molecule has 3 aromatic carbocycles. The fourth-order valence-electron chi connectivity index (χ4n) is 2.94. The molecule has 1 unspecified atom stereocenters.